The highest BCUT2D eigenvalue weighted by atomic mass is 32.2. The van der Waals surface area contributed by atoms with Gasteiger partial charge in [-0.1, -0.05) is 13.0 Å². The summed E-state index contributed by atoms with van der Waals surface area (Å²) < 4.78 is 43.1. The number of benzene rings is 1. The molecule has 1 aliphatic heterocycles. The first kappa shape index (κ1) is 20.5. The summed E-state index contributed by atoms with van der Waals surface area (Å²) in [5.41, 5.74) is 1.50. The van der Waals surface area contributed by atoms with Crippen LogP contribution >= 0.6 is 0 Å². The van der Waals surface area contributed by atoms with Gasteiger partial charge in [0, 0.05) is 37.1 Å². The van der Waals surface area contributed by atoms with Crippen LogP contribution in [-0.4, -0.2) is 36.3 Å². The second kappa shape index (κ2) is 7.67. The first-order valence-electron chi connectivity index (χ1n) is 9.36. The minimum atomic E-state index is -3.70. The van der Waals surface area contributed by atoms with Gasteiger partial charge in [0.1, 0.15) is 16.4 Å². The van der Waals surface area contributed by atoms with Crippen molar-refractivity contribution in [2.75, 3.05) is 18.4 Å². The number of carbonyl (C=O) groups excluding carboxylic acids is 1. The second-order valence-electron chi connectivity index (χ2n) is 7.52. The number of sulfonamides is 1. The Hall–Kier alpha value is -2.19. The van der Waals surface area contributed by atoms with Crippen LogP contribution in [0.5, 0.6) is 0 Å². The van der Waals surface area contributed by atoms with Crippen molar-refractivity contribution < 1.29 is 17.6 Å². The third-order valence-electron chi connectivity index (χ3n) is 5.38. The average molecular weight is 408 g/mol. The topological polar surface area (TPSA) is 71.4 Å². The number of halogens is 1. The molecule has 8 heteroatoms. The molecule has 0 saturated carbocycles. The average Bonchev–Trinajstić information content (AvgIpc) is 2.84. The summed E-state index contributed by atoms with van der Waals surface area (Å²) >= 11 is 0. The molecule has 152 valence electrons. The van der Waals surface area contributed by atoms with Crippen LogP contribution in [0.15, 0.2) is 29.2 Å². The smallest absolute Gasteiger partial charge is 0.272 e. The van der Waals surface area contributed by atoms with Crippen LogP contribution in [0.2, 0.25) is 0 Å². The summed E-state index contributed by atoms with van der Waals surface area (Å²) in [6, 6.07) is 5.59. The zero-order valence-corrected chi connectivity index (χ0v) is 17.4. The SMILES string of the molecule is Cc1c(S(=O)(=O)N2CCC[C@@H](C)C2)c(C)n(C)c1C(=O)Nc1cccc(F)c1. The number of nitrogens with one attached hydrogen (secondary N) is 1. The zero-order chi connectivity index (χ0) is 20.6. The summed E-state index contributed by atoms with van der Waals surface area (Å²) in [5.74, 6) is -0.620. The molecule has 0 bridgehead atoms. The first-order valence-corrected chi connectivity index (χ1v) is 10.8. The van der Waals surface area contributed by atoms with Gasteiger partial charge in [0.2, 0.25) is 10.0 Å². The van der Waals surface area contributed by atoms with E-state index in [1.54, 1.807) is 31.5 Å². The van der Waals surface area contributed by atoms with E-state index >= 15 is 0 Å². The third-order valence-corrected chi connectivity index (χ3v) is 7.51. The Morgan fingerprint density at radius 2 is 2.00 bits per heavy atom. The molecule has 1 atom stereocenters. The van der Waals surface area contributed by atoms with Crippen molar-refractivity contribution in [3.63, 3.8) is 0 Å². The molecule has 1 aromatic carbocycles. The fourth-order valence-corrected chi connectivity index (χ4v) is 5.98. The highest BCUT2D eigenvalue weighted by Crippen LogP contribution is 2.31. The zero-order valence-electron chi connectivity index (χ0n) is 16.6. The highest BCUT2D eigenvalue weighted by molar-refractivity contribution is 7.89. The molecule has 0 aliphatic carbocycles. The van der Waals surface area contributed by atoms with Gasteiger partial charge in [-0.25, -0.2) is 12.8 Å². The normalized spacial score (nSPS) is 18.2. The highest BCUT2D eigenvalue weighted by Gasteiger charge is 2.35. The predicted molar refractivity (Wildman–Crippen MR) is 106 cm³/mol. The summed E-state index contributed by atoms with van der Waals surface area (Å²) in [6.07, 6.45) is 1.85. The number of amides is 1. The van der Waals surface area contributed by atoms with Gasteiger partial charge in [0.25, 0.3) is 5.91 Å². The minimum Gasteiger partial charge on any atom is -0.342 e. The van der Waals surface area contributed by atoms with Crippen LogP contribution in [0.25, 0.3) is 0 Å². The lowest BCUT2D eigenvalue weighted by Gasteiger charge is -2.30. The van der Waals surface area contributed by atoms with Crippen LogP contribution in [0.3, 0.4) is 0 Å². The number of hydrogen-bond donors (Lipinski definition) is 1. The van der Waals surface area contributed by atoms with Gasteiger partial charge in [0.05, 0.1) is 0 Å². The molecule has 0 spiro atoms. The lowest BCUT2D eigenvalue weighted by atomic mass is 10.0. The fraction of sp³-hybridized carbons (Fsp3) is 0.450. The maximum absolute atomic E-state index is 13.4. The molecular weight excluding hydrogens is 381 g/mol. The van der Waals surface area contributed by atoms with Gasteiger partial charge in [0.15, 0.2) is 0 Å². The Labute approximate surface area is 165 Å². The van der Waals surface area contributed by atoms with E-state index in [2.05, 4.69) is 5.32 Å². The number of carbonyl (C=O) groups is 1. The first-order chi connectivity index (χ1) is 13.1. The summed E-state index contributed by atoms with van der Waals surface area (Å²) in [6.45, 7) is 6.37. The molecule has 1 N–H and O–H groups in total. The van der Waals surface area contributed by atoms with Gasteiger partial charge in [-0.05, 0) is 50.8 Å². The van der Waals surface area contributed by atoms with E-state index in [1.807, 2.05) is 6.92 Å². The van der Waals surface area contributed by atoms with Crippen molar-refractivity contribution >= 4 is 21.6 Å². The fourth-order valence-electron chi connectivity index (χ4n) is 3.90. The van der Waals surface area contributed by atoms with Crippen LogP contribution in [0, 0.1) is 25.6 Å². The van der Waals surface area contributed by atoms with Crippen LogP contribution < -0.4 is 5.32 Å². The molecule has 1 saturated heterocycles. The van der Waals surface area contributed by atoms with Gasteiger partial charge >= 0.3 is 0 Å². The Morgan fingerprint density at radius 1 is 1.29 bits per heavy atom. The number of hydrogen-bond acceptors (Lipinski definition) is 3. The largest absolute Gasteiger partial charge is 0.342 e. The van der Waals surface area contributed by atoms with Crippen LogP contribution in [-0.2, 0) is 17.1 Å². The molecule has 1 fully saturated rings. The molecule has 1 aliphatic rings. The van der Waals surface area contributed by atoms with E-state index in [1.165, 1.54) is 22.5 Å². The molecule has 1 aromatic heterocycles. The summed E-state index contributed by atoms with van der Waals surface area (Å²) in [7, 11) is -2.03. The van der Waals surface area contributed by atoms with Crippen LogP contribution in [0.4, 0.5) is 10.1 Å². The maximum Gasteiger partial charge on any atom is 0.272 e. The van der Waals surface area contributed by atoms with Gasteiger partial charge < -0.3 is 9.88 Å². The molecule has 3 rings (SSSR count). The Kier molecular flexibility index (Phi) is 5.63. The van der Waals surface area contributed by atoms with Crippen molar-refractivity contribution in [2.24, 2.45) is 13.0 Å². The monoisotopic (exact) mass is 407 g/mol. The quantitative estimate of drug-likeness (QED) is 0.844. The molecular formula is C20H26FN3O3S. The van der Waals surface area contributed by atoms with Crippen molar-refractivity contribution in [2.45, 2.75) is 38.5 Å². The molecule has 2 heterocycles. The van der Waals surface area contributed by atoms with E-state index in [4.69, 9.17) is 0 Å². The molecule has 6 nitrogen and oxygen atoms in total. The third kappa shape index (κ3) is 3.71. The van der Waals surface area contributed by atoms with Crippen molar-refractivity contribution in [3.8, 4) is 0 Å². The predicted octanol–water partition coefficient (Wildman–Crippen LogP) is 3.45. The molecule has 2 aromatic rings. The van der Waals surface area contributed by atoms with E-state index in [0.717, 1.165) is 12.8 Å². The lowest BCUT2D eigenvalue weighted by Crippen LogP contribution is -2.39. The Balaban J connectivity index is 1.98. The van der Waals surface area contributed by atoms with E-state index in [-0.39, 0.29) is 10.6 Å². The van der Waals surface area contributed by atoms with E-state index in [0.29, 0.717) is 36.0 Å². The second-order valence-corrected chi connectivity index (χ2v) is 9.40. The number of anilines is 1. The number of rotatable bonds is 4. The molecule has 28 heavy (non-hydrogen) atoms. The lowest BCUT2D eigenvalue weighted by molar-refractivity contribution is 0.101. The molecule has 0 unspecified atom stereocenters. The van der Waals surface area contributed by atoms with E-state index < -0.39 is 21.7 Å². The number of piperidine rings is 1. The summed E-state index contributed by atoms with van der Waals surface area (Å²) in [5, 5.41) is 2.65. The van der Waals surface area contributed by atoms with Crippen molar-refractivity contribution in [1.82, 2.24) is 8.87 Å². The maximum atomic E-state index is 13.4. The molecule has 1 amide bonds. The summed E-state index contributed by atoms with van der Waals surface area (Å²) in [4.78, 5) is 13.0. The van der Waals surface area contributed by atoms with Crippen molar-refractivity contribution in [1.29, 1.82) is 0 Å². The van der Waals surface area contributed by atoms with E-state index in [9.17, 15) is 17.6 Å². The minimum absolute atomic E-state index is 0.188. The standard InChI is InChI=1S/C20H26FN3O3S/c1-13-7-6-10-24(12-13)28(26,27)19-14(2)18(23(4)15(19)3)20(25)22-17-9-5-8-16(21)11-17/h5,8-9,11,13H,6-7,10,12H2,1-4H3,(H,22,25)/t13-/m1/s1. The molecule has 0 radical (unpaired) electrons. The van der Waals surface area contributed by atoms with Gasteiger partial charge in [-0.3, -0.25) is 4.79 Å². The Morgan fingerprint density at radius 3 is 2.64 bits per heavy atom. The van der Waals surface area contributed by atoms with Gasteiger partial charge in [-0.15, -0.1) is 0 Å². The Bertz CT molecular complexity index is 1010. The number of aromatic nitrogens is 1. The van der Waals surface area contributed by atoms with Crippen LogP contribution in [0.1, 0.15) is 41.5 Å². The van der Waals surface area contributed by atoms with Crippen molar-refractivity contribution in [3.05, 3.63) is 47.0 Å². The number of nitrogens with zero attached hydrogens (tertiary/aromatic N) is 2. The van der Waals surface area contributed by atoms with Gasteiger partial charge in [-0.2, -0.15) is 4.31 Å².